The number of hydrogen-bond donors (Lipinski definition) is 0. The molecule has 0 bridgehead atoms. The van der Waals surface area contributed by atoms with E-state index >= 15 is 0 Å². The zero-order chi connectivity index (χ0) is 16.5. The van der Waals surface area contributed by atoms with Crippen LogP contribution in [0.25, 0.3) is 0 Å². The molecular formula is C14H12Fe2O4-3. The van der Waals surface area contributed by atoms with Crippen molar-refractivity contribution in [2.75, 3.05) is 0 Å². The predicted octanol–water partition coefficient (Wildman–Crippen LogP) is 1.36. The van der Waals surface area contributed by atoms with E-state index in [-0.39, 0.29) is 0 Å². The molecule has 0 radical (unpaired) electrons. The second-order valence-electron chi connectivity index (χ2n) is 2.12. The first-order valence-electron chi connectivity index (χ1n) is 4.63. The normalized spacial score (nSPS) is 7.65. The Bertz CT molecular complexity index is 331. The minimum absolute atomic E-state index is 1.08. The van der Waals surface area contributed by atoms with E-state index < -0.39 is 0 Å². The Labute approximate surface area is 134 Å². The number of carbonyl (C=O) groups excluding carboxylic acids is 4. The standard InChI is InChI=1S/2C5H5.2CHO.2CO.2Fe/c2*1-2-4-5-3-1;4*1-2;;/h1-2,5H,3H2;1-5H;2*1H;;;;/q4*-1;;;;+1. The van der Waals surface area contributed by atoms with Crippen molar-refractivity contribution in [3.63, 3.8) is 0 Å². The van der Waals surface area contributed by atoms with Crippen molar-refractivity contribution in [3.8, 4) is 0 Å². The van der Waals surface area contributed by atoms with Gasteiger partial charge in [0.2, 0.25) is 0 Å². The summed E-state index contributed by atoms with van der Waals surface area (Å²) < 4.78 is 0. The molecule has 0 N–H and O–H groups in total. The van der Waals surface area contributed by atoms with Crippen molar-refractivity contribution in [1.29, 1.82) is 0 Å². The summed E-state index contributed by atoms with van der Waals surface area (Å²) in [6.45, 7) is 6.50. The van der Waals surface area contributed by atoms with Gasteiger partial charge in [-0.15, -0.1) is 6.42 Å². The van der Waals surface area contributed by atoms with E-state index in [1.54, 1.807) is 0 Å². The van der Waals surface area contributed by atoms with Gasteiger partial charge in [-0.25, -0.2) is 24.3 Å². The van der Waals surface area contributed by atoms with Crippen LogP contribution in [0.2, 0.25) is 0 Å². The van der Waals surface area contributed by atoms with Crippen LogP contribution in [0.3, 0.4) is 0 Å². The molecule has 111 valence electrons. The van der Waals surface area contributed by atoms with Gasteiger partial charge in [-0.1, -0.05) is 0 Å². The van der Waals surface area contributed by atoms with Gasteiger partial charge in [-0.05, 0) is 0 Å². The maximum absolute atomic E-state index is 8.57. The van der Waals surface area contributed by atoms with Crippen molar-refractivity contribution in [2.24, 2.45) is 0 Å². The van der Waals surface area contributed by atoms with Crippen molar-refractivity contribution in [3.05, 3.63) is 54.6 Å². The number of rotatable bonds is 0. The van der Waals surface area contributed by atoms with E-state index in [0.29, 0.717) is 0 Å². The molecule has 6 heteroatoms. The predicted molar refractivity (Wildman–Crippen MR) is 68.5 cm³/mol. The van der Waals surface area contributed by atoms with Crippen molar-refractivity contribution in [1.82, 2.24) is 0 Å². The monoisotopic (exact) mass is 356 g/mol. The van der Waals surface area contributed by atoms with Crippen LogP contribution in [-0.4, -0.2) is 23.1 Å². The Balaban J connectivity index is -0.0000000810. The summed E-state index contributed by atoms with van der Waals surface area (Å²) in [5.74, 6) is 0. The molecule has 0 aromatic heterocycles. The molecule has 0 saturated heterocycles. The first-order valence-corrected chi connectivity index (χ1v) is 5.73. The molecule has 1 aromatic carbocycles. The Hall–Kier alpha value is -1.63. The van der Waals surface area contributed by atoms with Gasteiger partial charge in [0.25, 0.3) is 0 Å². The Morgan fingerprint density at radius 1 is 1.15 bits per heavy atom. The smallest absolute Gasteiger partial charge is 0.100 e. The van der Waals surface area contributed by atoms with Gasteiger partial charge in [0.05, 0.1) is 0 Å². The van der Waals surface area contributed by atoms with Crippen LogP contribution in [0.1, 0.15) is 6.42 Å². The molecule has 2 rings (SSSR count). The summed E-state index contributed by atoms with van der Waals surface area (Å²) in [6, 6.07) is 10.0. The maximum atomic E-state index is 8.57. The van der Waals surface area contributed by atoms with Crippen LogP contribution in [-0.2, 0) is 50.3 Å². The Morgan fingerprint density at radius 3 is 1.65 bits per heavy atom. The zero-order valence-electron chi connectivity index (χ0n) is 10.3. The molecule has 0 fully saturated rings. The van der Waals surface area contributed by atoms with Crippen LogP contribution < -0.4 is 0 Å². The Kier molecular flexibility index (Phi) is 58.1. The number of allylic oxidation sites excluding steroid dienone is 4. The summed E-state index contributed by atoms with van der Waals surface area (Å²) in [5, 5.41) is 0. The van der Waals surface area contributed by atoms with Crippen LogP contribution in [0, 0.1) is 6.08 Å². The first-order chi connectivity index (χ1) is 9.83. The summed E-state index contributed by atoms with van der Waals surface area (Å²) in [6.07, 6.45) is 10.0. The van der Waals surface area contributed by atoms with Gasteiger partial charge in [0.1, 0.15) is 0 Å². The van der Waals surface area contributed by atoms with Gasteiger partial charge in [-0.3, -0.25) is 19.7 Å². The molecule has 4 nitrogen and oxygen atoms in total. The topological polar surface area (TPSA) is 68.3 Å². The first kappa shape index (κ1) is 26.8. The van der Waals surface area contributed by atoms with Gasteiger partial charge >= 0.3 is 50.3 Å². The van der Waals surface area contributed by atoms with Crippen molar-refractivity contribution < 1.29 is 50.3 Å². The Morgan fingerprint density at radius 2 is 1.55 bits per heavy atom. The van der Waals surface area contributed by atoms with Gasteiger partial charge in [0, 0.05) is 0 Å². The molecule has 20 heavy (non-hydrogen) atoms. The fraction of sp³-hybridized carbons (Fsp3) is 0.0714. The maximum Gasteiger partial charge on any atom is -0.100 e. The SMILES string of the molecule is O=[C]=[Fe+].O=[C]=[Fe].[C-]1=CCC=C1.[CH-]=O.[CH-]=O.c1cc[cH-]c1. The molecule has 0 heterocycles. The fourth-order valence-corrected chi connectivity index (χ4v) is 0.661. The van der Waals surface area contributed by atoms with Crippen molar-refractivity contribution >= 4 is 23.1 Å². The fourth-order valence-electron chi connectivity index (χ4n) is 0.661. The summed E-state index contributed by atoms with van der Waals surface area (Å²) >= 11 is 5.36. The van der Waals surface area contributed by atoms with Crippen LogP contribution >= 0.6 is 0 Å². The molecule has 1 aromatic rings. The summed E-state index contributed by atoms with van der Waals surface area (Å²) in [5.41, 5.74) is 0. The minimum atomic E-state index is 1.08. The molecule has 1 aliphatic rings. The van der Waals surface area contributed by atoms with E-state index in [1.165, 1.54) is 9.57 Å². The van der Waals surface area contributed by atoms with Gasteiger partial charge in [0.15, 0.2) is 0 Å². The van der Waals surface area contributed by atoms with Gasteiger partial charge < -0.3 is 9.59 Å². The summed E-state index contributed by atoms with van der Waals surface area (Å²) in [7, 11) is 0. The summed E-state index contributed by atoms with van der Waals surface area (Å²) in [4.78, 5) is 35.1. The van der Waals surface area contributed by atoms with Crippen LogP contribution in [0.15, 0.2) is 48.6 Å². The third-order valence-electron chi connectivity index (χ3n) is 1.14. The molecule has 0 unspecified atom stereocenters. The van der Waals surface area contributed by atoms with E-state index in [0.717, 1.165) is 6.42 Å². The molecular weight excluding hydrogens is 344 g/mol. The van der Waals surface area contributed by atoms with Crippen molar-refractivity contribution in [2.45, 2.75) is 6.42 Å². The largest absolute Gasteiger partial charge is 0.545 e. The average molecular weight is 356 g/mol. The average Bonchev–Trinajstić information content (AvgIpc) is 3.23. The van der Waals surface area contributed by atoms with Crippen LogP contribution in [0.4, 0.5) is 0 Å². The quantitative estimate of drug-likeness (QED) is 0.400. The molecule has 0 saturated carbocycles. The van der Waals surface area contributed by atoms with Crippen LogP contribution in [0.5, 0.6) is 0 Å². The third kappa shape index (κ3) is 55.2. The zero-order valence-corrected chi connectivity index (χ0v) is 12.5. The molecule has 1 aliphatic carbocycles. The van der Waals surface area contributed by atoms with E-state index in [2.05, 4.69) is 56.9 Å². The number of hydrogen-bond acceptors (Lipinski definition) is 4. The molecule has 0 amide bonds. The molecule has 0 spiro atoms. The van der Waals surface area contributed by atoms with E-state index in [4.69, 9.17) is 19.2 Å². The second-order valence-corrected chi connectivity index (χ2v) is 2.57. The second kappa shape index (κ2) is 43.3. The van der Waals surface area contributed by atoms with E-state index in [9.17, 15) is 0 Å². The molecule has 0 atom stereocenters. The third-order valence-corrected chi connectivity index (χ3v) is 1.14. The molecule has 0 aliphatic heterocycles. The van der Waals surface area contributed by atoms with E-state index in [1.807, 2.05) is 42.5 Å². The minimum Gasteiger partial charge on any atom is -0.545 e. The van der Waals surface area contributed by atoms with Gasteiger partial charge in [-0.2, -0.15) is 24.3 Å².